The number of nitrogens with zero attached hydrogens (tertiary/aromatic N) is 4. The molecule has 0 aromatic heterocycles. The fourth-order valence-electron chi connectivity index (χ4n) is 9.84. The van der Waals surface area contributed by atoms with Crippen molar-refractivity contribution in [3.05, 3.63) is 223 Å². The van der Waals surface area contributed by atoms with E-state index in [4.69, 9.17) is 9.47 Å². The number of ether oxygens (including phenoxy) is 2. The van der Waals surface area contributed by atoms with Crippen LogP contribution in [-0.2, 0) is 36.5 Å². The Morgan fingerprint density at radius 1 is 0.627 bits per heavy atom. The SMILES string of the molecule is CC(C)Oc1ccc(CCN2/C(=C/C=C/C3=[N+](CCc4ccc(OC(C)C)cc4)c4ccc([N+](=O)[O-])cc4C3(Cc3ccccc3)Cc3ccccc3)C(C)(C)c3cc([N+](=O)[O-])ccc32)cc1. The van der Waals surface area contributed by atoms with E-state index in [1.807, 2.05) is 100 Å². The summed E-state index contributed by atoms with van der Waals surface area (Å²) in [5, 5.41) is 24.7. The lowest BCUT2D eigenvalue weighted by Gasteiger charge is -2.29. The summed E-state index contributed by atoms with van der Waals surface area (Å²) in [5.74, 6) is 1.64. The first kappa shape index (κ1) is 46.2. The Hall–Kier alpha value is -7.33. The monoisotopic (exact) mass is 895 g/mol. The van der Waals surface area contributed by atoms with E-state index in [-0.39, 0.29) is 33.4 Å². The fraction of sp³-hybridized carbons (Fsp3) is 0.281. The van der Waals surface area contributed by atoms with Crippen LogP contribution in [0.25, 0.3) is 0 Å². The van der Waals surface area contributed by atoms with Gasteiger partial charge in [0.2, 0.25) is 5.69 Å². The number of non-ortho nitro benzene ring substituents is 2. The first-order valence-corrected chi connectivity index (χ1v) is 23.2. The molecule has 10 nitrogen and oxygen atoms in total. The number of benzene rings is 6. The molecule has 0 atom stereocenters. The Labute approximate surface area is 393 Å². The first-order chi connectivity index (χ1) is 32.2. The minimum absolute atomic E-state index is 0.0505. The lowest BCUT2D eigenvalue weighted by atomic mass is 9.69. The van der Waals surface area contributed by atoms with Crippen molar-refractivity contribution in [3.8, 4) is 11.5 Å². The van der Waals surface area contributed by atoms with Gasteiger partial charge in [0.05, 0.1) is 27.5 Å². The van der Waals surface area contributed by atoms with E-state index in [0.717, 1.165) is 74.1 Å². The van der Waals surface area contributed by atoms with Gasteiger partial charge in [0.15, 0.2) is 12.3 Å². The van der Waals surface area contributed by atoms with Crippen LogP contribution in [0.2, 0.25) is 0 Å². The Balaban J connectivity index is 1.27. The second kappa shape index (κ2) is 19.6. The van der Waals surface area contributed by atoms with Crippen molar-refractivity contribution in [1.29, 1.82) is 0 Å². The van der Waals surface area contributed by atoms with Crippen molar-refractivity contribution in [2.24, 2.45) is 0 Å². The van der Waals surface area contributed by atoms with Gasteiger partial charge < -0.3 is 14.4 Å². The molecule has 0 bridgehead atoms. The van der Waals surface area contributed by atoms with Gasteiger partial charge in [0.25, 0.3) is 11.4 Å². The molecule has 342 valence electrons. The molecule has 0 aliphatic carbocycles. The van der Waals surface area contributed by atoms with Crippen LogP contribution in [0, 0.1) is 20.2 Å². The van der Waals surface area contributed by atoms with E-state index in [2.05, 4.69) is 90.1 Å². The summed E-state index contributed by atoms with van der Waals surface area (Å²) in [5.41, 5.74) is 9.07. The standard InChI is InChI=1S/C57H59N4O6/c1-40(2)66-48-26-20-42(21-27-48)32-34-58-52-30-24-46(60(62)63)36-50(52)56(5,6)54(58)18-13-19-55-57(38-44-14-9-7-10-15-44,39-45-16-11-8-12-17-45)51-37-47(61(64)65)25-31-53(51)59(55)35-33-43-22-28-49(29-23-43)67-41(3)4/h7-31,36-37,40-41H,32-35,38-39H2,1-6H3/q+1. The van der Waals surface area contributed by atoms with Crippen molar-refractivity contribution in [3.63, 3.8) is 0 Å². The second-order valence-corrected chi connectivity index (χ2v) is 18.7. The number of fused-ring (bicyclic) bond motifs is 2. The molecule has 10 heteroatoms. The maximum atomic E-state index is 12.6. The molecule has 0 unspecified atom stereocenters. The molecule has 0 spiro atoms. The number of nitro benzene ring substituents is 2. The minimum Gasteiger partial charge on any atom is -0.491 e. The summed E-state index contributed by atoms with van der Waals surface area (Å²) >= 11 is 0. The van der Waals surface area contributed by atoms with Crippen LogP contribution >= 0.6 is 0 Å². The Morgan fingerprint density at radius 2 is 1.13 bits per heavy atom. The molecule has 2 heterocycles. The van der Waals surface area contributed by atoms with Gasteiger partial charge in [-0.1, -0.05) is 105 Å². The van der Waals surface area contributed by atoms with E-state index in [9.17, 15) is 20.2 Å². The molecule has 0 radical (unpaired) electrons. The molecule has 6 aromatic rings. The van der Waals surface area contributed by atoms with Crippen LogP contribution in [0.5, 0.6) is 11.5 Å². The lowest BCUT2D eigenvalue weighted by Crippen LogP contribution is -2.39. The van der Waals surface area contributed by atoms with Crippen molar-refractivity contribution >= 4 is 28.5 Å². The van der Waals surface area contributed by atoms with E-state index in [1.165, 1.54) is 0 Å². The van der Waals surface area contributed by atoms with Gasteiger partial charge in [-0.25, -0.2) is 0 Å². The fourth-order valence-corrected chi connectivity index (χ4v) is 9.84. The normalized spacial score (nSPS) is 15.4. The minimum atomic E-state index is -0.714. The molecule has 6 aromatic carbocycles. The zero-order chi connectivity index (χ0) is 47.3. The molecule has 0 saturated heterocycles. The second-order valence-electron chi connectivity index (χ2n) is 18.7. The first-order valence-electron chi connectivity index (χ1n) is 23.2. The van der Waals surface area contributed by atoms with Crippen LogP contribution in [-0.4, -0.2) is 45.4 Å². The predicted molar refractivity (Wildman–Crippen MR) is 267 cm³/mol. The zero-order valence-corrected chi connectivity index (χ0v) is 39.2. The van der Waals surface area contributed by atoms with Crippen molar-refractivity contribution < 1.29 is 23.9 Å². The maximum absolute atomic E-state index is 12.6. The summed E-state index contributed by atoms with van der Waals surface area (Å²) in [6.07, 6.45) is 9.26. The molecular formula is C57H59N4O6+. The van der Waals surface area contributed by atoms with Crippen molar-refractivity contribution in [1.82, 2.24) is 0 Å². The van der Waals surface area contributed by atoms with Crippen molar-refractivity contribution in [2.75, 3.05) is 18.0 Å². The molecule has 0 N–H and O–H groups in total. The van der Waals surface area contributed by atoms with E-state index in [0.29, 0.717) is 32.4 Å². The average molecular weight is 896 g/mol. The smallest absolute Gasteiger partial charge is 0.270 e. The van der Waals surface area contributed by atoms with Crippen LogP contribution in [0.15, 0.2) is 170 Å². The van der Waals surface area contributed by atoms with Gasteiger partial charge >= 0.3 is 0 Å². The third kappa shape index (κ3) is 10.1. The summed E-state index contributed by atoms with van der Waals surface area (Å²) in [6, 6.07) is 47.7. The lowest BCUT2D eigenvalue weighted by molar-refractivity contribution is -0.437. The number of hydrogen-bond donors (Lipinski definition) is 0. The molecule has 8 rings (SSSR count). The molecule has 0 fully saturated rings. The van der Waals surface area contributed by atoms with Gasteiger partial charge in [-0.15, -0.1) is 0 Å². The third-order valence-electron chi connectivity index (χ3n) is 12.9. The summed E-state index contributed by atoms with van der Waals surface area (Å²) < 4.78 is 14.2. The quantitative estimate of drug-likeness (QED) is 0.0480. The highest BCUT2D eigenvalue weighted by Gasteiger charge is 2.52. The molecule has 2 aliphatic heterocycles. The predicted octanol–water partition coefficient (Wildman–Crippen LogP) is 12.6. The summed E-state index contributed by atoms with van der Waals surface area (Å²) in [4.78, 5) is 26.3. The van der Waals surface area contributed by atoms with Crippen LogP contribution < -0.4 is 14.4 Å². The molecule has 0 amide bonds. The maximum Gasteiger partial charge on any atom is 0.270 e. The number of nitro groups is 2. The van der Waals surface area contributed by atoms with Crippen LogP contribution in [0.3, 0.4) is 0 Å². The Kier molecular flexibility index (Phi) is 13.5. The number of allylic oxidation sites excluding steroid dienone is 4. The highest BCUT2D eigenvalue weighted by molar-refractivity contribution is 6.04. The van der Waals surface area contributed by atoms with Crippen molar-refractivity contribution in [2.45, 2.75) is 90.3 Å². The van der Waals surface area contributed by atoms with E-state index in [1.54, 1.807) is 24.3 Å². The topological polar surface area (TPSA) is 111 Å². The molecule has 2 aliphatic rings. The number of rotatable bonds is 18. The molecule has 0 saturated carbocycles. The Bertz CT molecular complexity index is 2790. The van der Waals surface area contributed by atoms with Gasteiger partial charge in [-0.2, -0.15) is 4.58 Å². The van der Waals surface area contributed by atoms with E-state index < -0.39 is 10.8 Å². The largest absolute Gasteiger partial charge is 0.491 e. The number of anilines is 1. The highest BCUT2D eigenvalue weighted by Crippen LogP contribution is 2.50. The molecule has 67 heavy (non-hydrogen) atoms. The van der Waals surface area contributed by atoms with E-state index >= 15 is 0 Å². The van der Waals surface area contributed by atoms with Gasteiger partial charge in [0.1, 0.15) is 11.5 Å². The van der Waals surface area contributed by atoms with Crippen LogP contribution in [0.1, 0.15) is 74.9 Å². The van der Waals surface area contributed by atoms with Gasteiger partial charge in [-0.3, -0.25) is 20.2 Å². The highest BCUT2D eigenvalue weighted by atomic mass is 16.6. The van der Waals surface area contributed by atoms with Gasteiger partial charge in [0, 0.05) is 71.7 Å². The van der Waals surface area contributed by atoms with Crippen LogP contribution in [0.4, 0.5) is 22.7 Å². The average Bonchev–Trinajstić information content (AvgIpc) is 3.67. The molecular weight excluding hydrogens is 837 g/mol. The Morgan fingerprint density at radius 3 is 1.66 bits per heavy atom. The summed E-state index contributed by atoms with van der Waals surface area (Å²) in [7, 11) is 0. The number of hydrogen-bond acceptors (Lipinski definition) is 7. The summed E-state index contributed by atoms with van der Waals surface area (Å²) in [6.45, 7) is 13.6. The zero-order valence-electron chi connectivity index (χ0n) is 39.2. The van der Waals surface area contributed by atoms with Gasteiger partial charge in [-0.05, 0) is 111 Å². The third-order valence-corrected chi connectivity index (χ3v) is 12.9.